The predicted octanol–water partition coefficient (Wildman–Crippen LogP) is 4.06. The number of rotatable bonds is 5. The van der Waals surface area contributed by atoms with Crippen LogP contribution in [0.2, 0.25) is 0 Å². The van der Waals surface area contributed by atoms with Crippen molar-refractivity contribution in [2.75, 3.05) is 11.5 Å². The number of aromatic nitrogens is 1. The number of anilines is 1. The lowest BCUT2D eigenvalue weighted by Gasteiger charge is -2.33. The second-order valence-electron chi connectivity index (χ2n) is 10.7. The highest BCUT2D eigenvalue weighted by molar-refractivity contribution is 6.24. The zero-order chi connectivity index (χ0) is 26.2. The maximum absolute atomic E-state index is 14.0. The van der Waals surface area contributed by atoms with E-state index in [0.717, 1.165) is 21.2 Å². The van der Waals surface area contributed by atoms with Crippen LogP contribution in [-0.2, 0) is 14.3 Å². The lowest BCUT2D eigenvalue weighted by molar-refractivity contribution is -0.134. The van der Waals surface area contributed by atoms with Gasteiger partial charge in [0.05, 0.1) is 41.4 Å². The highest BCUT2D eigenvalue weighted by Gasteiger charge is 2.77. The van der Waals surface area contributed by atoms with Crippen LogP contribution in [0.15, 0.2) is 66.9 Å². The maximum atomic E-state index is 14.0. The fraction of sp³-hybridized carbons (Fsp3) is 0.300. The Morgan fingerprint density at radius 1 is 1.11 bits per heavy atom. The van der Waals surface area contributed by atoms with Gasteiger partial charge in [-0.2, -0.15) is 5.26 Å². The molecule has 8 nitrogen and oxygen atoms in total. The SMILES string of the molecule is CC12OC(CCOc3ccc4[nH]ccc4c3)(CC1O)C1C(=O)N(c3ccc4ccccc4c3C#N)C(=O)C12. The first-order chi connectivity index (χ1) is 18.4. The minimum atomic E-state index is -1.19. The van der Waals surface area contributed by atoms with E-state index in [9.17, 15) is 20.0 Å². The molecule has 0 saturated carbocycles. The normalized spacial score (nSPS) is 29.8. The van der Waals surface area contributed by atoms with Gasteiger partial charge in [0.1, 0.15) is 17.4 Å². The van der Waals surface area contributed by atoms with Crippen LogP contribution in [0.25, 0.3) is 21.7 Å². The smallest absolute Gasteiger partial charge is 0.240 e. The summed E-state index contributed by atoms with van der Waals surface area (Å²) in [5.41, 5.74) is -0.670. The number of nitrogens with one attached hydrogen (secondary N) is 1. The molecule has 5 atom stereocenters. The van der Waals surface area contributed by atoms with Gasteiger partial charge in [-0.05, 0) is 42.6 Å². The molecule has 3 aliphatic rings. The monoisotopic (exact) mass is 507 g/mol. The third-order valence-corrected chi connectivity index (χ3v) is 8.69. The van der Waals surface area contributed by atoms with Gasteiger partial charge in [0, 0.05) is 35.3 Å². The van der Waals surface area contributed by atoms with Gasteiger partial charge in [0.15, 0.2) is 0 Å². The first-order valence-electron chi connectivity index (χ1n) is 12.7. The van der Waals surface area contributed by atoms with Crippen LogP contribution in [0.3, 0.4) is 0 Å². The van der Waals surface area contributed by atoms with E-state index in [2.05, 4.69) is 11.1 Å². The standard InChI is InChI=1S/C30H25N3O5/c1-29-24(34)15-30(38-29,11-13-37-19-7-8-22-18(14-19)10-12-32-22)26-25(29)27(35)33(28(26)36)23-9-6-17-4-2-3-5-20(17)21(23)16-31/h2-10,12,14,24-26,32,34H,11,13,15H2,1H3. The van der Waals surface area contributed by atoms with E-state index in [1.54, 1.807) is 13.0 Å². The number of H-pyrrole nitrogens is 1. The molecule has 4 aromatic rings. The summed E-state index contributed by atoms with van der Waals surface area (Å²) in [6.45, 7) is 1.97. The zero-order valence-corrected chi connectivity index (χ0v) is 20.7. The van der Waals surface area contributed by atoms with E-state index in [-0.39, 0.29) is 24.3 Å². The Labute approximate surface area is 218 Å². The number of amides is 2. The molecular weight excluding hydrogens is 482 g/mol. The number of aliphatic hydroxyl groups excluding tert-OH is 1. The number of imide groups is 1. The van der Waals surface area contributed by atoms with Crippen molar-refractivity contribution < 1.29 is 24.2 Å². The highest BCUT2D eigenvalue weighted by Crippen LogP contribution is 2.62. The molecule has 3 saturated heterocycles. The zero-order valence-electron chi connectivity index (χ0n) is 20.7. The van der Waals surface area contributed by atoms with Gasteiger partial charge < -0.3 is 19.6 Å². The summed E-state index contributed by atoms with van der Waals surface area (Å²) in [6.07, 6.45) is 1.54. The average molecular weight is 508 g/mol. The van der Waals surface area contributed by atoms with Crippen LogP contribution in [0.4, 0.5) is 5.69 Å². The number of aliphatic hydroxyl groups is 1. The number of fused-ring (bicyclic) bond motifs is 7. The second kappa shape index (κ2) is 7.90. The van der Waals surface area contributed by atoms with Gasteiger partial charge in [-0.3, -0.25) is 9.59 Å². The van der Waals surface area contributed by atoms with Gasteiger partial charge in [0.2, 0.25) is 11.8 Å². The molecule has 0 aliphatic carbocycles. The molecule has 2 bridgehead atoms. The molecule has 2 N–H and O–H groups in total. The van der Waals surface area contributed by atoms with Crippen molar-refractivity contribution in [1.29, 1.82) is 5.26 Å². The highest BCUT2D eigenvalue weighted by atomic mass is 16.6. The number of carbonyl (C=O) groups excluding carboxylic acids is 2. The number of nitriles is 1. The molecule has 38 heavy (non-hydrogen) atoms. The Morgan fingerprint density at radius 2 is 1.92 bits per heavy atom. The number of nitrogens with zero attached hydrogens (tertiary/aromatic N) is 2. The lowest BCUT2D eigenvalue weighted by Crippen LogP contribution is -2.49. The summed E-state index contributed by atoms with van der Waals surface area (Å²) >= 11 is 0. The summed E-state index contributed by atoms with van der Waals surface area (Å²) in [6, 6.07) is 20.8. The molecule has 0 radical (unpaired) electrons. The minimum absolute atomic E-state index is 0.237. The predicted molar refractivity (Wildman–Crippen MR) is 139 cm³/mol. The second-order valence-corrected chi connectivity index (χ2v) is 10.7. The molecule has 7 rings (SSSR count). The topological polar surface area (TPSA) is 116 Å². The van der Waals surface area contributed by atoms with E-state index < -0.39 is 41.0 Å². The molecular formula is C30H25N3O5. The molecule has 5 unspecified atom stereocenters. The molecule has 0 spiro atoms. The Morgan fingerprint density at radius 3 is 2.76 bits per heavy atom. The van der Waals surface area contributed by atoms with Crippen molar-refractivity contribution >= 4 is 39.2 Å². The van der Waals surface area contributed by atoms with Crippen LogP contribution >= 0.6 is 0 Å². The van der Waals surface area contributed by atoms with Crippen LogP contribution in [0.1, 0.15) is 25.3 Å². The fourth-order valence-electron chi connectivity index (χ4n) is 6.89. The first kappa shape index (κ1) is 23.0. The number of carbonyl (C=O) groups is 2. The van der Waals surface area contributed by atoms with Crippen molar-refractivity contribution in [3.63, 3.8) is 0 Å². The summed E-state index contributed by atoms with van der Waals surface area (Å²) in [5.74, 6) is -1.75. The van der Waals surface area contributed by atoms with Crippen molar-refractivity contribution in [3.8, 4) is 11.8 Å². The molecule has 3 aliphatic heterocycles. The van der Waals surface area contributed by atoms with E-state index in [1.165, 1.54) is 0 Å². The minimum Gasteiger partial charge on any atom is -0.493 e. The van der Waals surface area contributed by atoms with E-state index >= 15 is 0 Å². The number of benzene rings is 3. The summed E-state index contributed by atoms with van der Waals surface area (Å²) in [4.78, 5) is 32.1. The van der Waals surface area contributed by atoms with Gasteiger partial charge in [-0.25, -0.2) is 4.90 Å². The van der Waals surface area contributed by atoms with Gasteiger partial charge in [0.25, 0.3) is 0 Å². The molecule has 2 amide bonds. The van der Waals surface area contributed by atoms with Gasteiger partial charge in [-0.15, -0.1) is 0 Å². The van der Waals surface area contributed by atoms with Crippen molar-refractivity contribution in [1.82, 2.24) is 4.98 Å². The maximum Gasteiger partial charge on any atom is 0.240 e. The largest absolute Gasteiger partial charge is 0.493 e. The van der Waals surface area contributed by atoms with Crippen molar-refractivity contribution in [2.24, 2.45) is 11.8 Å². The van der Waals surface area contributed by atoms with Crippen LogP contribution in [0.5, 0.6) is 5.75 Å². The number of ether oxygens (including phenoxy) is 2. The molecule has 1 aromatic heterocycles. The third-order valence-electron chi connectivity index (χ3n) is 8.69. The first-order valence-corrected chi connectivity index (χ1v) is 12.7. The Kier molecular flexibility index (Phi) is 4.78. The molecule has 190 valence electrons. The van der Waals surface area contributed by atoms with E-state index in [0.29, 0.717) is 17.6 Å². The Hall–Kier alpha value is -4.19. The molecule has 3 aromatic carbocycles. The van der Waals surface area contributed by atoms with E-state index in [4.69, 9.17) is 9.47 Å². The quantitative estimate of drug-likeness (QED) is 0.394. The van der Waals surface area contributed by atoms with Gasteiger partial charge >= 0.3 is 0 Å². The molecule has 4 heterocycles. The van der Waals surface area contributed by atoms with Crippen molar-refractivity contribution in [2.45, 2.75) is 37.1 Å². The Bertz CT molecular complexity index is 1690. The number of hydrogen-bond donors (Lipinski definition) is 2. The van der Waals surface area contributed by atoms with Crippen LogP contribution in [0, 0.1) is 23.2 Å². The van der Waals surface area contributed by atoms with Gasteiger partial charge in [-0.1, -0.05) is 30.3 Å². The molecule has 3 fully saturated rings. The average Bonchev–Trinajstić information content (AvgIpc) is 3.62. The number of hydrogen-bond acceptors (Lipinski definition) is 6. The van der Waals surface area contributed by atoms with Crippen LogP contribution in [-0.4, -0.2) is 45.8 Å². The van der Waals surface area contributed by atoms with Crippen LogP contribution < -0.4 is 9.64 Å². The fourth-order valence-corrected chi connectivity index (χ4v) is 6.89. The molecule has 8 heteroatoms. The summed E-state index contributed by atoms with van der Waals surface area (Å²) < 4.78 is 12.4. The summed E-state index contributed by atoms with van der Waals surface area (Å²) in [5, 5.41) is 23.6. The van der Waals surface area contributed by atoms with E-state index in [1.807, 2.05) is 60.8 Å². The number of aromatic amines is 1. The Balaban J connectivity index is 1.22. The summed E-state index contributed by atoms with van der Waals surface area (Å²) in [7, 11) is 0. The third kappa shape index (κ3) is 2.97. The lowest BCUT2D eigenvalue weighted by atomic mass is 9.66. The van der Waals surface area contributed by atoms with Crippen molar-refractivity contribution in [3.05, 3.63) is 72.4 Å².